The lowest BCUT2D eigenvalue weighted by atomic mass is 9.90. The maximum Gasteiger partial charge on any atom is 0.499 e. The van der Waals surface area contributed by atoms with Gasteiger partial charge in [-0.15, -0.1) is 5.10 Å². The highest BCUT2D eigenvalue weighted by Crippen LogP contribution is 2.38. The molecule has 3 aromatic carbocycles. The fourth-order valence-corrected chi connectivity index (χ4v) is 6.58. The third-order valence-electron chi connectivity index (χ3n) is 8.04. The van der Waals surface area contributed by atoms with Crippen LogP contribution in [0, 0.1) is 0 Å². The topological polar surface area (TPSA) is 84.6 Å². The summed E-state index contributed by atoms with van der Waals surface area (Å²) in [6, 6.07) is 18.3. The van der Waals surface area contributed by atoms with Gasteiger partial charge in [0.25, 0.3) is 0 Å². The molecule has 0 spiro atoms. The Morgan fingerprint density at radius 3 is 2.50 bits per heavy atom. The fraction of sp³-hybridized carbons (Fsp3) is 0.303. The van der Waals surface area contributed by atoms with Gasteiger partial charge in [0.15, 0.2) is 16.1 Å². The van der Waals surface area contributed by atoms with E-state index in [1.165, 1.54) is 46.0 Å². The minimum absolute atomic E-state index is 0.00647. The molecule has 250 valence electrons. The molecule has 1 saturated heterocycles. The number of ether oxygens (including phenoxy) is 1. The van der Waals surface area contributed by atoms with E-state index >= 15 is 0 Å². The molecule has 1 atom stereocenters. The first-order chi connectivity index (χ1) is 22.9. The van der Waals surface area contributed by atoms with Crippen LogP contribution in [0.3, 0.4) is 0 Å². The summed E-state index contributed by atoms with van der Waals surface area (Å²) in [6.07, 6.45) is -5.53. The molecule has 6 rings (SSSR count). The van der Waals surface area contributed by atoms with Crippen LogP contribution in [0.25, 0.3) is 17.1 Å². The summed E-state index contributed by atoms with van der Waals surface area (Å²) in [5, 5.41) is 8.48. The summed E-state index contributed by atoms with van der Waals surface area (Å²) in [5.74, 6) is 0.112. The van der Waals surface area contributed by atoms with E-state index in [0.29, 0.717) is 34.1 Å². The Morgan fingerprint density at radius 1 is 1.04 bits per heavy atom. The number of rotatable bonds is 8. The molecule has 0 radical (unpaired) electrons. The highest BCUT2D eigenvalue weighted by molar-refractivity contribution is 8.15. The van der Waals surface area contributed by atoms with Crippen molar-refractivity contribution in [3.05, 3.63) is 89.7 Å². The standard InChI is InChI=1S/C33H29F5N6O2S2/c1-20(17-39-30(47)41-31-44(28(45)18-48-31)27-8-4-6-22-5-2-3-7-26(22)27)21-9-11-23(12-10-21)29-40-19-43(42-29)24-13-15-25(16-14-24)46-33(37,38)32(34,35)36/h4,6,8-16,19-20H,2-3,5,7,17-18H2,1H3,(H,39,47). The third-order valence-corrected chi connectivity index (χ3v) is 9.20. The van der Waals surface area contributed by atoms with Crippen LogP contribution in [-0.2, 0) is 17.6 Å². The molecule has 1 aromatic heterocycles. The van der Waals surface area contributed by atoms with Crippen molar-refractivity contribution in [3.63, 3.8) is 0 Å². The minimum Gasteiger partial charge on any atom is -0.426 e. The molecule has 48 heavy (non-hydrogen) atoms. The Kier molecular flexibility index (Phi) is 9.52. The van der Waals surface area contributed by atoms with Crippen LogP contribution in [-0.4, -0.2) is 55.5 Å². The van der Waals surface area contributed by atoms with Gasteiger partial charge in [0, 0.05) is 12.1 Å². The molecule has 1 unspecified atom stereocenters. The van der Waals surface area contributed by atoms with Gasteiger partial charge >= 0.3 is 12.3 Å². The molecule has 1 aliphatic carbocycles. The summed E-state index contributed by atoms with van der Waals surface area (Å²) in [4.78, 5) is 23.5. The van der Waals surface area contributed by atoms with Crippen molar-refractivity contribution in [2.75, 3.05) is 17.2 Å². The Morgan fingerprint density at radius 2 is 1.77 bits per heavy atom. The van der Waals surface area contributed by atoms with Crippen molar-refractivity contribution in [1.82, 2.24) is 20.1 Å². The number of nitrogens with zero attached hydrogens (tertiary/aromatic N) is 5. The highest BCUT2D eigenvalue weighted by atomic mass is 32.2. The summed E-state index contributed by atoms with van der Waals surface area (Å²) in [6.45, 7) is 2.55. The predicted molar refractivity (Wildman–Crippen MR) is 178 cm³/mol. The van der Waals surface area contributed by atoms with Gasteiger partial charge in [0.2, 0.25) is 5.91 Å². The fourth-order valence-electron chi connectivity index (χ4n) is 5.49. The number of alkyl halides is 5. The number of thiocarbonyl (C=S) groups is 1. The first-order valence-corrected chi connectivity index (χ1v) is 16.5. The van der Waals surface area contributed by atoms with Gasteiger partial charge in [-0.05, 0) is 90.8 Å². The molecule has 1 aliphatic heterocycles. The quantitative estimate of drug-likeness (QED) is 0.151. The van der Waals surface area contributed by atoms with Gasteiger partial charge in [-0.1, -0.05) is 55.1 Å². The number of amides is 1. The summed E-state index contributed by atoms with van der Waals surface area (Å²) in [7, 11) is 0. The molecule has 4 aromatic rings. The van der Waals surface area contributed by atoms with E-state index in [2.05, 4.69) is 31.2 Å². The first-order valence-electron chi connectivity index (χ1n) is 15.1. The summed E-state index contributed by atoms with van der Waals surface area (Å²) >= 11 is 6.92. The second kappa shape index (κ2) is 13.6. The zero-order chi connectivity index (χ0) is 34.1. The van der Waals surface area contributed by atoms with Crippen LogP contribution in [0.15, 0.2) is 78.0 Å². The summed E-state index contributed by atoms with van der Waals surface area (Å²) < 4.78 is 68.8. The molecule has 8 nitrogen and oxygen atoms in total. The maximum absolute atomic E-state index is 13.2. The van der Waals surface area contributed by atoms with Gasteiger partial charge in [-0.2, -0.15) is 26.9 Å². The second-order valence-electron chi connectivity index (χ2n) is 11.4. The Balaban J connectivity index is 1.06. The first kappa shape index (κ1) is 33.5. The van der Waals surface area contributed by atoms with Crippen molar-refractivity contribution in [2.45, 2.75) is 50.8 Å². The minimum atomic E-state index is -5.83. The molecule has 0 saturated carbocycles. The van der Waals surface area contributed by atoms with Crippen LogP contribution in [0.5, 0.6) is 5.75 Å². The Labute approximate surface area is 282 Å². The number of aliphatic imine (C=N–C) groups is 1. The Bertz CT molecular complexity index is 1840. The molecule has 0 bridgehead atoms. The third kappa shape index (κ3) is 7.21. The number of aromatic nitrogens is 3. The number of benzene rings is 3. The van der Waals surface area contributed by atoms with Gasteiger partial charge in [-0.3, -0.25) is 9.69 Å². The number of thioether (sulfide) groups is 1. The number of fused-ring (bicyclic) bond motifs is 1. The number of anilines is 1. The maximum atomic E-state index is 13.2. The lowest BCUT2D eigenvalue weighted by Crippen LogP contribution is -2.41. The normalized spacial score (nSPS) is 16.6. The number of carbonyl (C=O) groups excluding carboxylic acids is 1. The average molecular weight is 701 g/mol. The number of amidine groups is 1. The van der Waals surface area contributed by atoms with Crippen LogP contribution in [0.2, 0.25) is 0 Å². The second-order valence-corrected chi connectivity index (χ2v) is 12.7. The SMILES string of the molecule is CC(CNC(=S)N=C1SCC(=O)N1c1cccc2c1CCCC2)c1ccc(-c2ncn(-c3ccc(OC(F)(F)C(F)(F)F)cc3)n2)cc1. The van der Waals surface area contributed by atoms with E-state index < -0.39 is 18.0 Å². The van der Waals surface area contributed by atoms with Crippen molar-refractivity contribution < 1.29 is 31.5 Å². The lowest BCUT2D eigenvalue weighted by molar-refractivity contribution is -0.360. The van der Waals surface area contributed by atoms with Crippen LogP contribution >= 0.6 is 24.0 Å². The van der Waals surface area contributed by atoms with Gasteiger partial charge in [-0.25, -0.2) is 9.67 Å². The van der Waals surface area contributed by atoms with Gasteiger partial charge in [0.1, 0.15) is 12.1 Å². The summed E-state index contributed by atoms with van der Waals surface area (Å²) in [5.41, 5.74) is 5.53. The van der Waals surface area contributed by atoms with Gasteiger partial charge < -0.3 is 10.1 Å². The van der Waals surface area contributed by atoms with E-state index in [1.54, 1.807) is 4.90 Å². The zero-order valence-corrected chi connectivity index (χ0v) is 27.1. The molecule has 1 N–H and O–H groups in total. The van der Waals surface area contributed by atoms with E-state index in [9.17, 15) is 26.7 Å². The molecular weight excluding hydrogens is 672 g/mol. The Hall–Kier alpha value is -4.37. The van der Waals surface area contributed by atoms with Gasteiger partial charge in [0.05, 0.1) is 17.1 Å². The van der Waals surface area contributed by atoms with Crippen molar-refractivity contribution in [1.29, 1.82) is 0 Å². The van der Waals surface area contributed by atoms with Crippen molar-refractivity contribution in [3.8, 4) is 22.8 Å². The van der Waals surface area contributed by atoms with E-state index in [0.717, 1.165) is 54.6 Å². The number of carbonyl (C=O) groups is 1. The molecule has 2 aliphatic rings. The molecular formula is C33H29F5N6O2S2. The number of aryl methyl sites for hydroxylation is 1. The highest BCUT2D eigenvalue weighted by Gasteiger charge is 2.61. The molecule has 15 heteroatoms. The van der Waals surface area contributed by atoms with Crippen LogP contribution < -0.4 is 15.0 Å². The van der Waals surface area contributed by atoms with Crippen molar-refractivity contribution >= 4 is 45.9 Å². The largest absolute Gasteiger partial charge is 0.499 e. The number of halogens is 5. The number of hydrogen-bond acceptors (Lipinski definition) is 6. The predicted octanol–water partition coefficient (Wildman–Crippen LogP) is 7.46. The lowest BCUT2D eigenvalue weighted by Gasteiger charge is -2.24. The van der Waals surface area contributed by atoms with E-state index in [-0.39, 0.29) is 11.8 Å². The molecule has 1 amide bonds. The molecule has 1 fully saturated rings. The monoisotopic (exact) mass is 700 g/mol. The smallest absolute Gasteiger partial charge is 0.426 e. The number of nitrogens with one attached hydrogen (secondary N) is 1. The number of hydrogen-bond donors (Lipinski definition) is 1. The van der Waals surface area contributed by atoms with E-state index in [1.807, 2.05) is 43.3 Å². The zero-order valence-electron chi connectivity index (χ0n) is 25.5. The van der Waals surface area contributed by atoms with Crippen LogP contribution in [0.4, 0.5) is 27.6 Å². The average Bonchev–Trinajstić information content (AvgIpc) is 3.70. The molecule has 2 heterocycles. The van der Waals surface area contributed by atoms with E-state index in [4.69, 9.17) is 12.2 Å². The van der Waals surface area contributed by atoms with Crippen molar-refractivity contribution in [2.24, 2.45) is 4.99 Å². The van der Waals surface area contributed by atoms with Crippen LogP contribution in [0.1, 0.15) is 42.4 Å².